The number of carbonyl (C=O) groups excluding carboxylic acids is 1. The van der Waals surface area contributed by atoms with Crippen molar-refractivity contribution in [3.63, 3.8) is 0 Å². The molecule has 0 saturated carbocycles. The molecule has 2 unspecified atom stereocenters. The van der Waals surface area contributed by atoms with Crippen molar-refractivity contribution in [2.24, 2.45) is 20.8 Å². The van der Waals surface area contributed by atoms with Gasteiger partial charge in [0.2, 0.25) is 17.5 Å². The SMILES string of the molecule is NC1=NC(Cl)N2N=CN(C3C=CC(=O)CC3)C2=N1. The first-order chi connectivity index (χ1) is 8.65. The molecule has 18 heavy (non-hydrogen) atoms. The number of rotatable bonds is 1. The standard InChI is InChI=1S/C10H11ClN6O/c11-8-14-9(12)15-10-16(5-13-17(8)10)6-1-3-7(18)4-2-6/h1,3,5-6,8H,2,4H2,(H2,12,14). The average Bonchev–Trinajstić information content (AvgIpc) is 2.74. The topological polar surface area (TPSA) is 86.6 Å². The Hall–Kier alpha value is -1.89. The predicted octanol–water partition coefficient (Wildman–Crippen LogP) is 0.0417. The zero-order valence-corrected chi connectivity index (χ0v) is 10.2. The van der Waals surface area contributed by atoms with Gasteiger partial charge in [0, 0.05) is 6.42 Å². The monoisotopic (exact) mass is 266 g/mol. The molecule has 0 aromatic rings. The Kier molecular flexibility index (Phi) is 2.55. The van der Waals surface area contributed by atoms with Crippen molar-refractivity contribution < 1.29 is 4.79 Å². The van der Waals surface area contributed by atoms with E-state index in [0.717, 1.165) is 6.42 Å². The second-order valence-electron chi connectivity index (χ2n) is 4.12. The Bertz CT molecular complexity index is 510. The van der Waals surface area contributed by atoms with Gasteiger partial charge < -0.3 is 5.73 Å². The van der Waals surface area contributed by atoms with Crippen LogP contribution in [0.1, 0.15) is 12.8 Å². The fourth-order valence-electron chi connectivity index (χ4n) is 2.04. The number of allylic oxidation sites excluding steroid dienone is 1. The van der Waals surface area contributed by atoms with Gasteiger partial charge in [-0.2, -0.15) is 15.1 Å². The molecule has 0 amide bonds. The highest BCUT2D eigenvalue weighted by Crippen LogP contribution is 2.23. The molecule has 1 aliphatic carbocycles. The lowest BCUT2D eigenvalue weighted by atomic mass is 10.0. The van der Waals surface area contributed by atoms with Crippen LogP contribution in [0.2, 0.25) is 0 Å². The summed E-state index contributed by atoms with van der Waals surface area (Å²) in [5.74, 6) is 0.820. The Balaban J connectivity index is 1.87. The van der Waals surface area contributed by atoms with E-state index in [-0.39, 0.29) is 17.8 Å². The summed E-state index contributed by atoms with van der Waals surface area (Å²) in [5.41, 5.74) is 4.92. The smallest absolute Gasteiger partial charge is 0.234 e. The van der Waals surface area contributed by atoms with Gasteiger partial charge in [-0.3, -0.25) is 9.69 Å². The van der Waals surface area contributed by atoms with Crippen molar-refractivity contribution in [1.82, 2.24) is 9.91 Å². The normalized spacial score (nSPS) is 30.4. The number of fused-ring (bicyclic) bond motifs is 1. The third-order valence-corrected chi connectivity index (χ3v) is 3.22. The van der Waals surface area contributed by atoms with Crippen LogP contribution in [0.15, 0.2) is 27.2 Å². The largest absolute Gasteiger partial charge is 0.368 e. The molecule has 3 aliphatic rings. The number of alkyl halides is 1. The Labute approximate surface area is 108 Å². The fourth-order valence-corrected chi connectivity index (χ4v) is 2.28. The minimum atomic E-state index is -0.673. The number of ketones is 1. The summed E-state index contributed by atoms with van der Waals surface area (Å²) in [5, 5.41) is 5.63. The molecule has 0 aromatic heterocycles. The Morgan fingerprint density at radius 3 is 3.06 bits per heavy atom. The number of halogens is 1. The molecule has 8 heteroatoms. The van der Waals surface area contributed by atoms with Crippen molar-refractivity contribution in [3.05, 3.63) is 12.2 Å². The molecule has 0 saturated heterocycles. The van der Waals surface area contributed by atoms with Crippen LogP contribution in [-0.4, -0.2) is 45.6 Å². The number of hydrogen-bond donors (Lipinski definition) is 1. The number of hydrogen-bond acceptors (Lipinski definition) is 7. The molecule has 2 heterocycles. The molecule has 0 spiro atoms. The van der Waals surface area contributed by atoms with Crippen molar-refractivity contribution in [1.29, 1.82) is 0 Å². The zero-order valence-electron chi connectivity index (χ0n) is 9.40. The van der Waals surface area contributed by atoms with E-state index in [1.54, 1.807) is 12.4 Å². The van der Waals surface area contributed by atoms with Gasteiger partial charge in [0.15, 0.2) is 5.78 Å². The molecule has 2 aliphatic heterocycles. The zero-order chi connectivity index (χ0) is 12.7. The van der Waals surface area contributed by atoms with E-state index >= 15 is 0 Å². The summed E-state index contributed by atoms with van der Waals surface area (Å²) in [7, 11) is 0. The lowest BCUT2D eigenvalue weighted by Gasteiger charge is -2.30. The van der Waals surface area contributed by atoms with Crippen LogP contribution in [0.5, 0.6) is 0 Å². The van der Waals surface area contributed by atoms with E-state index in [2.05, 4.69) is 15.1 Å². The molecule has 0 fully saturated rings. The summed E-state index contributed by atoms with van der Waals surface area (Å²) in [6.45, 7) is 0. The lowest BCUT2D eigenvalue weighted by Crippen LogP contribution is -2.46. The number of aliphatic imine (C=N–C) groups is 2. The Morgan fingerprint density at radius 1 is 1.50 bits per heavy atom. The first-order valence-corrected chi connectivity index (χ1v) is 5.97. The number of hydrazone groups is 1. The first-order valence-electron chi connectivity index (χ1n) is 5.54. The number of guanidine groups is 2. The molecular weight excluding hydrogens is 256 g/mol. The van der Waals surface area contributed by atoms with Crippen molar-refractivity contribution in [2.45, 2.75) is 24.5 Å². The summed E-state index contributed by atoms with van der Waals surface area (Å²) in [4.78, 5) is 21.1. The van der Waals surface area contributed by atoms with E-state index in [1.807, 2.05) is 11.0 Å². The summed E-state index contributed by atoms with van der Waals surface area (Å²) in [6, 6.07) is 0.0463. The lowest BCUT2D eigenvalue weighted by molar-refractivity contribution is -0.115. The maximum Gasteiger partial charge on any atom is 0.234 e. The highest BCUT2D eigenvalue weighted by Gasteiger charge is 2.35. The van der Waals surface area contributed by atoms with Crippen LogP contribution in [0.3, 0.4) is 0 Å². The van der Waals surface area contributed by atoms with Crippen LogP contribution in [0.25, 0.3) is 0 Å². The van der Waals surface area contributed by atoms with Gasteiger partial charge in [-0.05, 0) is 12.5 Å². The number of carbonyl (C=O) groups is 1. The van der Waals surface area contributed by atoms with Crippen molar-refractivity contribution in [2.75, 3.05) is 0 Å². The maximum absolute atomic E-state index is 11.2. The molecule has 7 nitrogen and oxygen atoms in total. The molecule has 3 rings (SSSR count). The second kappa shape index (κ2) is 4.09. The Morgan fingerprint density at radius 2 is 2.33 bits per heavy atom. The van der Waals surface area contributed by atoms with E-state index in [1.165, 1.54) is 5.01 Å². The van der Waals surface area contributed by atoms with Gasteiger partial charge in [0.1, 0.15) is 6.34 Å². The molecule has 0 bridgehead atoms. The minimum absolute atomic E-state index is 0.0463. The molecule has 2 N–H and O–H groups in total. The van der Waals surface area contributed by atoms with E-state index < -0.39 is 5.62 Å². The number of nitrogens with zero attached hydrogens (tertiary/aromatic N) is 5. The molecule has 94 valence electrons. The second-order valence-corrected chi connectivity index (χ2v) is 4.51. The van der Waals surface area contributed by atoms with E-state index in [4.69, 9.17) is 17.3 Å². The predicted molar refractivity (Wildman–Crippen MR) is 68.0 cm³/mol. The highest BCUT2D eigenvalue weighted by molar-refractivity contribution is 6.23. The summed E-state index contributed by atoms with van der Waals surface area (Å²) in [6.07, 6.45) is 6.30. The van der Waals surface area contributed by atoms with E-state index in [9.17, 15) is 4.79 Å². The van der Waals surface area contributed by atoms with Crippen LogP contribution in [-0.2, 0) is 4.79 Å². The molecule has 0 aromatic carbocycles. The van der Waals surface area contributed by atoms with Gasteiger partial charge in [0.25, 0.3) is 0 Å². The average molecular weight is 267 g/mol. The van der Waals surface area contributed by atoms with Gasteiger partial charge in [-0.1, -0.05) is 17.7 Å². The molecule has 0 radical (unpaired) electrons. The first kappa shape index (κ1) is 11.2. The highest BCUT2D eigenvalue weighted by atomic mass is 35.5. The van der Waals surface area contributed by atoms with Crippen molar-refractivity contribution >= 4 is 35.6 Å². The maximum atomic E-state index is 11.2. The van der Waals surface area contributed by atoms with Crippen LogP contribution in [0, 0.1) is 0 Å². The van der Waals surface area contributed by atoms with Crippen LogP contribution >= 0.6 is 11.6 Å². The molecular formula is C10H11ClN6O. The molecule has 2 atom stereocenters. The number of nitrogens with two attached hydrogens (primary N) is 1. The van der Waals surface area contributed by atoms with Gasteiger partial charge in [-0.15, -0.1) is 0 Å². The van der Waals surface area contributed by atoms with Crippen LogP contribution < -0.4 is 5.73 Å². The van der Waals surface area contributed by atoms with Crippen molar-refractivity contribution in [3.8, 4) is 0 Å². The van der Waals surface area contributed by atoms with Crippen LogP contribution in [0.4, 0.5) is 0 Å². The third-order valence-electron chi connectivity index (χ3n) is 2.94. The van der Waals surface area contributed by atoms with E-state index in [0.29, 0.717) is 12.4 Å². The quantitative estimate of drug-likeness (QED) is 0.536. The van der Waals surface area contributed by atoms with Gasteiger partial charge in [-0.25, -0.2) is 4.99 Å². The summed E-state index contributed by atoms with van der Waals surface area (Å²) < 4.78 is 0. The third kappa shape index (κ3) is 1.76. The van der Waals surface area contributed by atoms with Gasteiger partial charge in [0.05, 0.1) is 6.04 Å². The fraction of sp³-hybridized carbons (Fsp3) is 0.400. The summed E-state index contributed by atoms with van der Waals surface area (Å²) >= 11 is 6.00. The minimum Gasteiger partial charge on any atom is -0.368 e. The van der Waals surface area contributed by atoms with Gasteiger partial charge >= 0.3 is 0 Å².